The standard InChI is InChI=1S/C17H22N2O3/c1-22-15-9-7-13(8-10-15)11-18-16(20)12-19-17(21)14-5-3-2-4-6-14/h2-3,7-10,14H,4-6,11-12H2,1H3,(H,18,20)(H,19,21)/t14-/m1/s1. The molecule has 0 aliphatic heterocycles. The Labute approximate surface area is 130 Å². The summed E-state index contributed by atoms with van der Waals surface area (Å²) in [5.74, 6) is 0.558. The van der Waals surface area contributed by atoms with E-state index in [1.54, 1.807) is 7.11 Å². The third-order valence-corrected chi connectivity index (χ3v) is 3.71. The molecule has 2 amide bonds. The highest BCUT2D eigenvalue weighted by molar-refractivity contribution is 5.85. The molecule has 5 nitrogen and oxygen atoms in total. The number of hydrogen-bond donors (Lipinski definition) is 2. The molecule has 0 heterocycles. The molecule has 118 valence electrons. The van der Waals surface area contributed by atoms with Crippen LogP contribution in [0.1, 0.15) is 24.8 Å². The maximum Gasteiger partial charge on any atom is 0.239 e. The molecule has 0 radical (unpaired) electrons. The molecular formula is C17H22N2O3. The van der Waals surface area contributed by atoms with Gasteiger partial charge in [-0.2, -0.15) is 0 Å². The lowest BCUT2D eigenvalue weighted by Crippen LogP contribution is -2.39. The maximum atomic E-state index is 11.9. The first-order chi connectivity index (χ1) is 10.7. The minimum atomic E-state index is -0.185. The molecule has 0 saturated carbocycles. The lowest BCUT2D eigenvalue weighted by molar-refractivity contribution is -0.128. The van der Waals surface area contributed by atoms with E-state index in [9.17, 15) is 9.59 Å². The molecule has 0 spiro atoms. The van der Waals surface area contributed by atoms with Crippen LogP contribution in [0.3, 0.4) is 0 Å². The van der Waals surface area contributed by atoms with Crippen LogP contribution in [0.2, 0.25) is 0 Å². The van der Waals surface area contributed by atoms with E-state index in [2.05, 4.69) is 16.7 Å². The van der Waals surface area contributed by atoms with Crippen molar-refractivity contribution in [3.63, 3.8) is 0 Å². The molecule has 2 rings (SSSR count). The van der Waals surface area contributed by atoms with Crippen molar-refractivity contribution in [3.8, 4) is 5.75 Å². The van der Waals surface area contributed by atoms with E-state index in [1.165, 1.54) is 0 Å². The smallest absolute Gasteiger partial charge is 0.239 e. The summed E-state index contributed by atoms with van der Waals surface area (Å²) in [4.78, 5) is 23.7. The van der Waals surface area contributed by atoms with Gasteiger partial charge in [0.25, 0.3) is 0 Å². The molecule has 1 aliphatic rings. The topological polar surface area (TPSA) is 67.4 Å². The molecule has 1 aromatic carbocycles. The van der Waals surface area contributed by atoms with Crippen molar-refractivity contribution in [2.75, 3.05) is 13.7 Å². The lowest BCUT2D eigenvalue weighted by Gasteiger charge is -2.17. The lowest BCUT2D eigenvalue weighted by atomic mass is 9.94. The van der Waals surface area contributed by atoms with Gasteiger partial charge < -0.3 is 15.4 Å². The van der Waals surface area contributed by atoms with Crippen molar-refractivity contribution in [2.45, 2.75) is 25.8 Å². The van der Waals surface area contributed by atoms with Gasteiger partial charge >= 0.3 is 0 Å². The van der Waals surface area contributed by atoms with Crippen LogP contribution in [-0.4, -0.2) is 25.5 Å². The van der Waals surface area contributed by atoms with Gasteiger partial charge in [0.1, 0.15) is 5.75 Å². The number of amides is 2. The predicted octanol–water partition coefficient (Wildman–Crippen LogP) is 1.78. The highest BCUT2D eigenvalue weighted by Crippen LogP contribution is 2.17. The van der Waals surface area contributed by atoms with Crippen LogP contribution < -0.4 is 15.4 Å². The average Bonchev–Trinajstić information content (AvgIpc) is 2.59. The highest BCUT2D eigenvalue weighted by atomic mass is 16.5. The molecule has 22 heavy (non-hydrogen) atoms. The second-order valence-electron chi connectivity index (χ2n) is 5.32. The third-order valence-electron chi connectivity index (χ3n) is 3.71. The number of carbonyl (C=O) groups excluding carboxylic acids is 2. The molecule has 1 aromatic rings. The zero-order chi connectivity index (χ0) is 15.8. The van der Waals surface area contributed by atoms with Crippen molar-refractivity contribution in [2.24, 2.45) is 5.92 Å². The number of carbonyl (C=O) groups is 2. The quantitative estimate of drug-likeness (QED) is 0.787. The van der Waals surface area contributed by atoms with Crippen molar-refractivity contribution < 1.29 is 14.3 Å². The fourth-order valence-electron chi connectivity index (χ4n) is 2.35. The van der Waals surface area contributed by atoms with E-state index < -0.39 is 0 Å². The van der Waals surface area contributed by atoms with Crippen molar-refractivity contribution >= 4 is 11.8 Å². The Bertz CT molecular complexity index is 537. The SMILES string of the molecule is COc1ccc(CNC(=O)CNC(=O)[C@@H]2CC=CCC2)cc1. The summed E-state index contributed by atoms with van der Waals surface area (Å²) in [7, 11) is 1.61. The second kappa shape index (κ2) is 8.22. The zero-order valence-electron chi connectivity index (χ0n) is 12.8. The Balaban J connectivity index is 1.68. The van der Waals surface area contributed by atoms with Crippen molar-refractivity contribution in [1.82, 2.24) is 10.6 Å². The maximum absolute atomic E-state index is 11.9. The van der Waals surface area contributed by atoms with Crippen LogP contribution in [0.4, 0.5) is 0 Å². The molecule has 2 N–H and O–H groups in total. The van der Waals surface area contributed by atoms with E-state index in [1.807, 2.05) is 30.3 Å². The fourth-order valence-corrected chi connectivity index (χ4v) is 2.35. The average molecular weight is 302 g/mol. The van der Waals surface area contributed by atoms with E-state index in [-0.39, 0.29) is 24.3 Å². The first kappa shape index (κ1) is 16.1. The first-order valence-corrected chi connectivity index (χ1v) is 7.51. The Hall–Kier alpha value is -2.30. The van der Waals surface area contributed by atoms with Gasteiger partial charge in [0.15, 0.2) is 0 Å². The summed E-state index contributed by atoms with van der Waals surface area (Å²) in [6.07, 6.45) is 6.67. The summed E-state index contributed by atoms with van der Waals surface area (Å²) >= 11 is 0. The predicted molar refractivity (Wildman–Crippen MR) is 84.3 cm³/mol. The number of methoxy groups -OCH3 is 1. The minimum Gasteiger partial charge on any atom is -0.497 e. The van der Waals surface area contributed by atoms with Crippen LogP contribution in [0.15, 0.2) is 36.4 Å². The summed E-state index contributed by atoms with van der Waals surface area (Å²) in [6, 6.07) is 7.48. The fraction of sp³-hybridized carbons (Fsp3) is 0.412. The van der Waals surface area contributed by atoms with Gasteiger partial charge in [0.2, 0.25) is 11.8 Å². The van der Waals surface area contributed by atoms with Gasteiger partial charge in [0.05, 0.1) is 13.7 Å². The van der Waals surface area contributed by atoms with Crippen LogP contribution in [0.25, 0.3) is 0 Å². The van der Waals surface area contributed by atoms with Crippen molar-refractivity contribution in [1.29, 1.82) is 0 Å². The van der Waals surface area contributed by atoms with E-state index in [0.29, 0.717) is 6.54 Å². The molecular weight excluding hydrogens is 280 g/mol. The van der Waals surface area contributed by atoms with Crippen LogP contribution >= 0.6 is 0 Å². The van der Waals surface area contributed by atoms with Crippen LogP contribution in [0, 0.1) is 5.92 Å². The van der Waals surface area contributed by atoms with Gasteiger partial charge in [-0.3, -0.25) is 9.59 Å². The number of hydrogen-bond acceptors (Lipinski definition) is 3. The summed E-state index contributed by atoms with van der Waals surface area (Å²) in [5, 5.41) is 5.49. The van der Waals surface area contributed by atoms with E-state index in [4.69, 9.17) is 4.74 Å². The molecule has 5 heteroatoms. The molecule has 0 aromatic heterocycles. The molecule has 0 fully saturated rings. The van der Waals surface area contributed by atoms with Gasteiger partial charge in [-0.25, -0.2) is 0 Å². The van der Waals surface area contributed by atoms with Crippen molar-refractivity contribution in [3.05, 3.63) is 42.0 Å². The Morgan fingerprint density at radius 3 is 2.59 bits per heavy atom. The van der Waals surface area contributed by atoms with E-state index >= 15 is 0 Å². The number of nitrogens with one attached hydrogen (secondary N) is 2. The second-order valence-corrected chi connectivity index (χ2v) is 5.32. The first-order valence-electron chi connectivity index (χ1n) is 7.51. The number of rotatable bonds is 6. The molecule has 0 unspecified atom stereocenters. The molecule has 0 bridgehead atoms. The summed E-state index contributed by atoms with van der Waals surface area (Å²) < 4.78 is 5.08. The largest absolute Gasteiger partial charge is 0.497 e. The summed E-state index contributed by atoms with van der Waals surface area (Å²) in [6.45, 7) is 0.458. The minimum absolute atomic E-state index is 0.000566. The Morgan fingerprint density at radius 2 is 1.95 bits per heavy atom. The van der Waals surface area contributed by atoms with Gasteiger partial charge in [-0.1, -0.05) is 24.3 Å². The number of ether oxygens (including phenoxy) is 1. The van der Waals surface area contributed by atoms with Crippen LogP contribution in [0.5, 0.6) is 5.75 Å². The van der Waals surface area contributed by atoms with E-state index in [0.717, 1.165) is 30.6 Å². The number of allylic oxidation sites excluding steroid dienone is 2. The number of benzene rings is 1. The van der Waals surface area contributed by atoms with Gasteiger partial charge in [-0.15, -0.1) is 0 Å². The normalized spacial score (nSPS) is 16.9. The monoisotopic (exact) mass is 302 g/mol. The summed E-state index contributed by atoms with van der Waals surface area (Å²) in [5.41, 5.74) is 0.984. The third kappa shape index (κ3) is 4.91. The molecule has 1 atom stereocenters. The highest BCUT2D eigenvalue weighted by Gasteiger charge is 2.18. The Morgan fingerprint density at radius 1 is 1.18 bits per heavy atom. The van der Waals surface area contributed by atoms with Crippen LogP contribution in [-0.2, 0) is 16.1 Å². The van der Waals surface area contributed by atoms with Gasteiger partial charge in [-0.05, 0) is 37.0 Å². The van der Waals surface area contributed by atoms with Gasteiger partial charge in [0, 0.05) is 12.5 Å². The Kier molecular flexibility index (Phi) is 6.01. The zero-order valence-corrected chi connectivity index (χ0v) is 12.8. The molecule has 0 saturated heterocycles. The molecule has 1 aliphatic carbocycles.